The highest BCUT2D eigenvalue weighted by atomic mass is 16.3. The number of likely N-dealkylation sites (N-methyl/N-ethyl adjacent to an activating group) is 1. The highest BCUT2D eigenvalue weighted by Gasteiger charge is 2.31. The van der Waals surface area contributed by atoms with Crippen molar-refractivity contribution < 1.29 is 9.90 Å². The lowest BCUT2D eigenvalue weighted by Crippen LogP contribution is -2.53. The monoisotopic (exact) mass is 255 g/mol. The summed E-state index contributed by atoms with van der Waals surface area (Å²) < 4.78 is 0. The Morgan fingerprint density at radius 1 is 1.28 bits per heavy atom. The van der Waals surface area contributed by atoms with Crippen molar-refractivity contribution in [2.45, 2.75) is 32.4 Å². The topological polar surface area (TPSA) is 47.0 Å². The molecule has 0 spiro atoms. The molecule has 2 heterocycles. The van der Waals surface area contributed by atoms with E-state index >= 15 is 0 Å². The third-order valence-electron chi connectivity index (χ3n) is 4.23. The Kier molecular flexibility index (Phi) is 4.59. The Labute approximate surface area is 109 Å². The van der Waals surface area contributed by atoms with Crippen LogP contribution >= 0.6 is 0 Å². The Morgan fingerprint density at radius 2 is 1.94 bits per heavy atom. The molecule has 5 nitrogen and oxygen atoms in total. The highest BCUT2D eigenvalue weighted by molar-refractivity contribution is 5.81. The van der Waals surface area contributed by atoms with E-state index in [1.807, 2.05) is 11.8 Å². The Morgan fingerprint density at radius 3 is 2.44 bits per heavy atom. The van der Waals surface area contributed by atoms with Gasteiger partial charge in [-0.25, -0.2) is 0 Å². The molecule has 0 aliphatic carbocycles. The van der Waals surface area contributed by atoms with E-state index in [0.29, 0.717) is 6.54 Å². The first-order chi connectivity index (χ1) is 8.61. The molecule has 0 aromatic heterocycles. The molecule has 0 aromatic carbocycles. The van der Waals surface area contributed by atoms with Crippen LogP contribution in [0.4, 0.5) is 0 Å². The van der Waals surface area contributed by atoms with Gasteiger partial charge in [-0.2, -0.15) is 0 Å². The van der Waals surface area contributed by atoms with E-state index < -0.39 is 0 Å². The van der Waals surface area contributed by atoms with Gasteiger partial charge in [0, 0.05) is 39.3 Å². The molecule has 0 radical (unpaired) electrons. The first-order valence-corrected chi connectivity index (χ1v) is 7.05. The van der Waals surface area contributed by atoms with E-state index in [2.05, 4.69) is 16.7 Å². The smallest absolute Gasteiger partial charge is 0.239 e. The van der Waals surface area contributed by atoms with Gasteiger partial charge in [-0.3, -0.25) is 9.69 Å². The van der Waals surface area contributed by atoms with Crippen LogP contribution in [-0.4, -0.2) is 83.7 Å². The van der Waals surface area contributed by atoms with Crippen molar-refractivity contribution in [3.05, 3.63) is 0 Å². The maximum Gasteiger partial charge on any atom is 0.239 e. The van der Waals surface area contributed by atoms with Gasteiger partial charge >= 0.3 is 0 Å². The number of nitrogens with zero attached hydrogens (tertiary/aromatic N) is 3. The van der Waals surface area contributed by atoms with Crippen LogP contribution in [0.15, 0.2) is 0 Å². The van der Waals surface area contributed by atoms with Crippen molar-refractivity contribution in [2.24, 2.45) is 0 Å². The molecule has 2 rings (SSSR count). The molecule has 0 aromatic rings. The Balaban J connectivity index is 1.84. The molecule has 0 bridgehead atoms. The molecule has 2 saturated heterocycles. The van der Waals surface area contributed by atoms with Crippen LogP contribution in [0.2, 0.25) is 0 Å². The fraction of sp³-hybridized carbons (Fsp3) is 0.923. The molecule has 1 amide bonds. The minimum absolute atomic E-state index is 0.0877. The van der Waals surface area contributed by atoms with Gasteiger partial charge in [0.2, 0.25) is 5.91 Å². The van der Waals surface area contributed by atoms with E-state index in [1.54, 1.807) is 0 Å². The van der Waals surface area contributed by atoms with Crippen molar-refractivity contribution in [1.82, 2.24) is 14.7 Å². The molecule has 2 aliphatic heterocycles. The average Bonchev–Trinajstić information content (AvgIpc) is 2.84. The van der Waals surface area contributed by atoms with E-state index in [0.717, 1.165) is 45.7 Å². The quantitative estimate of drug-likeness (QED) is 0.746. The number of rotatable bonds is 3. The number of aliphatic hydroxyl groups excluding tert-OH is 1. The number of β-amino-alcohol motifs (C(OH)–C–C–N with tert-alkyl or cyclic N) is 1. The maximum absolute atomic E-state index is 12.4. The lowest BCUT2D eigenvalue weighted by Gasteiger charge is -2.37. The van der Waals surface area contributed by atoms with Gasteiger partial charge in [0.05, 0.1) is 12.1 Å². The first-order valence-electron chi connectivity index (χ1n) is 7.05. The van der Waals surface area contributed by atoms with E-state index in [1.165, 1.54) is 0 Å². The zero-order valence-corrected chi connectivity index (χ0v) is 11.5. The number of piperazine rings is 1. The van der Waals surface area contributed by atoms with Crippen LogP contribution in [0, 0.1) is 0 Å². The lowest BCUT2D eigenvalue weighted by molar-refractivity contribution is -0.137. The molecule has 104 valence electrons. The second-order valence-electron chi connectivity index (χ2n) is 5.37. The minimum atomic E-state index is -0.253. The predicted octanol–water partition coefficient (Wildman–Crippen LogP) is -0.394. The zero-order chi connectivity index (χ0) is 13.1. The van der Waals surface area contributed by atoms with Crippen molar-refractivity contribution in [3.8, 4) is 0 Å². The molecular weight excluding hydrogens is 230 g/mol. The fourth-order valence-electron chi connectivity index (χ4n) is 2.82. The van der Waals surface area contributed by atoms with Crippen molar-refractivity contribution >= 4 is 5.91 Å². The minimum Gasteiger partial charge on any atom is -0.392 e. The summed E-state index contributed by atoms with van der Waals surface area (Å²) in [5.74, 6) is 0.222. The largest absolute Gasteiger partial charge is 0.392 e. The van der Waals surface area contributed by atoms with Crippen LogP contribution in [0.5, 0.6) is 0 Å². The van der Waals surface area contributed by atoms with Gasteiger partial charge in [-0.1, -0.05) is 6.92 Å². The summed E-state index contributed by atoms with van der Waals surface area (Å²) in [7, 11) is 0. The molecule has 2 atom stereocenters. The third-order valence-corrected chi connectivity index (χ3v) is 4.23. The molecule has 5 heteroatoms. The maximum atomic E-state index is 12.4. The van der Waals surface area contributed by atoms with Crippen LogP contribution < -0.4 is 0 Å². The number of carbonyl (C=O) groups excluding carboxylic acids is 1. The number of aliphatic hydroxyl groups is 1. The van der Waals surface area contributed by atoms with Gasteiger partial charge in [0.15, 0.2) is 0 Å². The van der Waals surface area contributed by atoms with Crippen LogP contribution in [-0.2, 0) is 4.79 Å². The standard InChI is InChI=1S/C13H25N3O2/c1-3-14-6-8-15(9-7-14)13(18)11(2)16-5-4-12(17)10-16/h11-12,17H,3-10H2,1-2H3/t11?,12-/m0/s1. The average molecular weight is 255 g/mol. The van der Waals surface area contributed by atoms with E-state index in [-0.39, 0.29) is 18.1 Å². The Hall–Kier alpha value is -0.650. The van der Waals surface area contributed by atoms with Gasteiger partial charge in [-0.05, 0) is 19.9 Å². The number of amides is 1. The summed E-state index contributed by atoms with van der Waals surface area (Å²) in [6.45, 7) is 10.3. The molecule has 1 N–H and O–H groups in total. The normalized spacial score (nSPS) is 28.6. The van der Waals surface area contributed by atoms with Crippen LogP contribution in [0.1, 0.15) is 20.3 Å². The predicted molar refractivity (Wildman–Crippen MR) is 70.4 cm³/mol. The number of hydrogen-bond donors (Lipinski definition) is 1. The second-order valence-corrected chi connectivity index (χ2v) is 5.37. The van der Waals surface area contributed by atoms with Crippen molar-refractivity contribution in [2.75, 3.05) is 45.8 Å². The van der Waals surface area contributed by atoms with Gasteiger partial charge in [-0.15, -0.1) is 0 Å². The third kappa shape index (κ3) is 3.02. The number of likely N-dealkylation sites (tertiary alicyclic amines) is 1. The van der Waals surface area contributed by atoms with E-state index in [9.17, 15) is 9.90 Å². The molecule has 0 saturated carbocycles. The summed E-state index contributed by atoms with van der Waals surface area (Å²) in [6.07, 6.45) is 0.540. The molecular formula is C13H25N3O2. The van der Waals surface area contributed by atoms with Crippen LogP contribution in [0.3, 0.4) is 0 Å². The Bertz CT molecular complexity index is 290. The molecule has 2 aliphatic rings. The summed E-state index contributed by atoms with van der Waals surface area (Å²) in [4.78, 5) is 18.8. The lowest BCUT2D eigenvalue weighted by atomic mass is 10.2. The summed E-state index contributed by atoms with van der Waals surface area (Å²) in [6, 6.07) is -0.0877. The van der Waals surface area contributed by atoms with Crippen molar-refractivity contribution in [3.63, 3.8) is 0 Å². The molecule has 2 fully saturated rings. The van der Waals surface area contributed by atoms with Gasteiger partial charge in [0.25, 0.3) is 0 Å². The summed E-state index contributed by atoms with van der Waals surface area (Å²) >= 11 is 0. The summed E-state index contributed by atoms with van der Waals surface area (Å²) in [5.41, 5.74) is 0. The summed E-state index contributed by atoms with van der Waals surface area (Å²) in [5, 5.41) is 9.53. The van der Waals surface area contributed by atoms with Gasteiger partial charge < -0.3 is 14.9 Å². The van der Waals surface area contributed by atoms with Gasteiger partial charge in [0.1, 0.15) is 0 Å². The first kappa shape index (κ1) is 13.8. The fourth-order valence-corrected chi connectivity index (χ4v) is 2.82. The van der Waals surface area contributed by atoms with Crippen molar-refractivity contribution in [1.29, 1.82) is 0 Å². The SMILES string of the molecule is CCN1CCN(C(=O)C(C)N2CC[C@H](O)C2)CC1. The molecule has 18 heavy (non-hydrogen) atoms. The molecule has 1 unspecified atom stereocenters. The second kappa shape index (κ2) is 5.99. The highest BCUT2D eigenvalue weighted by Crippen LogP contribution is 2.15. The van der Waals surface area contributed by atoms with Crippen LogP contribution in [0.25, 0.3) is 0 Å². The number of carbonyl (C=O) groups is 1. The number of hydrogen-bond acceptors (Lipinski definition) is 4. The zero-order valence-electron chi connectivity index (χ0n) is 11.5. The van der Waals surface area contributed by atoms with E-state index in [4.69, 9.17) is 0 Å².